The Hall–Kier alpha value is -5.87. The first kappa shape index (κ1) is 51.1. The van der Waals surface area contributed by atoms with Gasteiger partial charge in [-0.25, -0.2) is 0 Å². The molecule has 0 aromatic rings. The molecule has 6 atom stereocenters. The van der Waals surface area contributed by atoms with Crippen LogP contribution >= 0.6 is 0 Å². The monoisotopic (exact) mass is 839 g/mol. The Morgan fingerprint density at radius 2 is 0.898 bits per heavy atom. The molecule has 23 nitrogen and oxygen atoms in total. The molecule has 1 saturated heterocycles. The van der Waals surface area contributed by atoms with Gasteiger partial charge in [0.2, 0.25) is 59.1 Å². The Balaban J connectivity index is 2.53. The molecule has 23 heteroatoms. The van der Waals surface area contributed by atoms with Gasteiger partial charge in [-0.2, -0.15) is 0 Å². The van der Waals surface area contributed by atoms with Gasteiger partial charge >= 0.3 is 5.97 Å². The van der Waals surface area contributed by atoms with Crippen LogP contribution in [-0.4, -0.2) is 146 Å². The van der Waals surface area contributed by atoms with Crippen LogP contribution < -0.4 is 58.5 Å². The molecule has 1 heterocycles. The first-order chi connectivity index (χ1) is 27.6. The van der Waals surface area contributed by atoms with Crippen molar-refractivity contribution in [3.05, 3.63) is 0 Å². The van der Waals surface area contributed by atoms with Crippen molar-refractivity contribution in [1.29, 1.82) is 0 Å². The second kappa shape index (κ2) is 26.2. The number of carboxylic acid groups (broad SMARTS) is 1. The van der Waals surface area contributed by atoms with Gasteiger partial charge in [-0.05, 0) is 64.8 Å². The minimum absolute atomic E-state index is 0.0564. The quantitative estimate of drug-likeness (QED) is 0.0410. The van der Waals surface area contributed by atoms with Gasteiger partial charge in [0.05, 0.1) is 38.8 Å². The minimum atomic E-state index is -1.26. The highest BCUT2D eigenvalue weighted by molar-refractivity contribution is 5.96. The number of carboxylic acids is 1. The second-order valence-electron chi connectivity index (χ2n) is 14.9. The molecule has 0 aromatic heterocycles. The fourth-order valence-corrected chi connectivity index (χ4v) is 5.36. The lowest BCUT2D eigenvalue weighted by atomic mass is 10.0. The van der Waals surface area contributed by atoms with Gasteiger partial charge < -0.3 is 63.6 Å². The molecule has 1 aliphatic rings. The van der Waals surface area contributed by atoms with Crippen LogP contribution in [0, 0.1) is 11.8 Å². The van der Waals surface area contributed by atoms with E-state index in [9.17, 15) is 52.7 Å². The number of rotatable bonds is 25. The zero-order valence-corrected chi connectivity index (χ0v) is 34.6. The van der Waals surface area contributed by atoms with Gasteiger partial charge in [-0.15, -0.1) is 0 Å². The fourth-order valence-electron chi connectivity index (χ4n) is 5.36. The van der Waals surface area contributed by atoms with E-state index in [1.54, 1.807) is 13.8 Å². The van der Waals surface area contributed by atoms with Gasteiger partial charge in [-0.3, -0.25) is 52.7 Å². The highest BCUT2D eigenvalue weighted by Gasteiger charge is 2.28. The van der Waals surface area contributed by atoms with Crippen LogP contribution in [0.15, 0.2) is 0 Å². The van der Waals surface area contributed by atoms with Gasteiger partial charge in [0, 0.05) is 0 Å². The third-order valence-electron chi connectivity index (χ3n) is 8.50. The van der Waals surface area contributed by atoms with Crippen molar-refractivity contribution < 1.29 is 57.8 Å². The first-order valence-electron chi connectivity index (χ1n) is 19.4. The first-order valence-corrected chi connectivity index (χ1v) is 19.4. The number of nitrogens with one attached hydrogen (secondary N) is 11. The predicted molar refractivity (Wildman–Crippen MR) is 209 cm³/mol. The Morgan fingerprint density at radius 1 is 0.492 bits per heavy atom. The van der Waals surface area contributed by atoms with Crippen LogP contribution in [0.3, 0.4) is 0 Å². The summed E-state index contributed by atoms with van der Waals surface area (Å²) >= 11 is 0. The van der Waals surface area contributed by atoms with Gasteiger partial charge in [-0.1, -0.05) is 27.7 Å². The van der Waals surface area contributed by atoms with Gasteiger partial charge in [0.15, 0.2) is 0 Å². The molecule has 0 unspecified atom stereocenters. The van der Waals surface area contributed by atoms with E-state index in [4.69, 9.17) is 5.11 Å². The number of aliphatic carboxylic acids is 1. The summed E-state index contributed by atoms with van der Waals surface area (Å²) in [6, 6.07) is -6.01. The Labute approximate surface area is 342 Å². The Morgan fingerprint density at radius 3 is 1.36 bits per heavy atom. The lowest BCUT2D eigenvalue weighted by Crippen LogP contribution is -2.55. The molecule has 1 aliphatic heterocycles. The number of carbonyl (C=O) groups excluding carboxylic acids is 10. The van der Waals surface area contributed by atoms with E-state index in [1.165, 1.54) is 20.8 Å². The molecule has 332 valence electrons. The molecule has 0 saturated carbocycles. The summed E-state index contributed by atoms with van der Waals surface area (Å²) in [5.74, 6) is -8.17. The van der Waals surface area contributed by atoms with E-state index >= 15 is 0 Å². The highest BCUT2D eigenvalue weighted by atomic mass is 16.4. The van der Waals surface area contributed by atoms with Crippen molar-refractivity contribution in [2.24, 2.45) is 11.8 Å². The second-order valence-corrected chi connectivity index (χ2v) is 14.9. The third kappa shape index (κ3) is 21.5. The smallest absolute Gasteiger partial charge is 0.325 e. The van der Waals surface area contributed by atoms with E-state index in [0.717, 1.165) is 6.42 Å². The fraction of sp³-hybridized carbons (Fsp3) is 0.694. The van der Waals surface area contributed by atoms with Gasteiger partial charge in [0.25, 0.3) is 0 Å². The van der Waals surface area contributed by atoms with Crippen LogP contribution in [-0.2, 0) is 52.7 Å². The highest BCUT2D eigenvalue weighted by Crippen LogP contribution is 2.07. The number of carbonyl (C=O) groups is 11. The van der Waals surface area contributed by atoms with Crippen molar-refractivity contribution in [3.63, 3.8) is 0 Å². The van der Waals surface area contributed by atoms with Crippen molar-refractivity contribution >= 4 is 65.0 Å². The number of amides is 10. The maximum Gasteiger partial charge on any atom is 0.325 e. The third-order valence-corrected chi connectivity index (χ3v) is 8.50. The van der Waals surface area contributed by atoms with Crippen LogP contribution in [0.1, 0.15) is 74.1 Å². The number of hydrogen-bond acceptors (Lipinski definition) is 12. The normalized spacial score (nSPS) is 15.8. The molecule has 10 amide bonds. The zero-order chi connectivity index (χ0) is 44.8. The Kier molecular flexibility index (Phi) is 22.7. The van der Waals surface area contributed by atoms with E-state index in [2.05, 4.69) is 58.5 Å². The van der Waals surface area contributed by atoms with Crippen molar-refractivity contribution in [2.75, 3.05) is 39.3 Å². The summed E-state index contributed by atoms with van der Waals surface area (Å²) < 4.78 is 0. The lowest BCUT2D eigenvalue weighted by Gasteiger charge is -2.22. The maximum atomic E-state index is 13.0. The molecule has 1 rings (SSSR count). The van der Waals surface area contributed by atoms with Crippen LogP contribution in [0.2, 0.25) is 0 Å². The summed E-state index contributed by atoms with van der Waals surface area (Å²) in [5.41, 5.74) is 0. The molecular formula is C36H61N11O12. The van der Waals surface area contributed by atoms with Gasteiger partial charge in [0.1, 0.15) is 30.2 Å². The van der Waals surface area contributed by atoms with E-state index < -0.39 is 116 Å². The van der Waals surface area contributed by atoms with E-state index in [1.807, 2.05) is 13.8 Å². The number of hydrogen-bond donors (Lipinski definition) is 12. The largest absolute Gasteiger partial charge is 0.480 e. The molecule has 0 radical (unpaired) electrons. The van der Waals surface area contributed by atoms with Crippen molar-refractivity contribution in [2.45, 2.75) is 110 Å². The van der Waals surface area contributed by atoms with Crippen molar-refractivity contribution in [3.8, 4) is 0 Å². The minimum Gasteiger partial charge on any atom is -0.480 e. The van der Waals surface area contributed by atoms with Crippen LogP contribution in [0.4, 0.5) is 0 Å². The van der Waals surface area contributed by atoms with Crippen molar-refractivity contribution in [1.82, 2.24) is 58.5 Å². The molecule has 12 N–H and O–H groups in total. The standard InChI is InChI=1S/C36H61N11O12/c1-18(2)11-24(34(56)42-16-28(50)44-22(7)36(58)59)46-30(52)17-40-31(53)20(5)43-27(49)15-39-32(54)21(6)45-35(57)25(12-19(3)4)47-29(51)14-38-26(48)13-41-33(55)23-9-8-10-37-23/h18-25,37H,8-17H2,1-7H3,(H,38,48)(H,39,54)(H,40,53)(H,41,55)(H,42,56)(H,43,49)(H,44,50)(H,45,57)(H,46,52)(H,47,51)(H,58,59)/t20-,21-,22-,23-,24-,25-/m0/s1. The summed E-state index contributed by atoms with van der Waals surface area (Å²) in [6.45, 7) is 9.36. The van der Waals surface area contributed by atoms with E-state index in [-0.39, 0.29) is 43.2 Å². The van der Waals surface area contributed by atoms with Crippen LogP contribution in [0.5, 0.6) is 0 Å². The Bertz CT molecular complexity index is 1530. The average molecular weight is 840 g/mol. The lowest BCUT2D eigenvalue weighted by molar-refractivity contribution is -0.141. The summed E-state index contributed by atoms with van der Waals surface area (Å²) in [4.78, 5) is 136. The van der Waals surface area contributed by atoms with Crippen LogP contribution in [0.25, 0.3) is 0 Å². The molecule has 0 spiro atoms. The predicted octanol–water partition coefficient (Wildman–Crippen LogP) is -5.02. The molecule has 0 bridgehead atoms. The summed E-state index contributed by atoms with van der Waals surface area (Å²) in [5, 5.41) is 35.8. The molecule has 0 aromatic carbocycles. The SMILES string of the molecule is CC(C)C[C@H](NC(=O)CNC(=O)[C@H](C)NC(=O)CNC(=O)[C@H](C)NC(=O)[C@H](CC(C)C)NC(=O)CNC(=O)CNC(=O)[C@@H]1CCCN1)C(=O)NCC(=O)N[C@@H](C)C(=O)O. The zero-order valence-electron chi connectivity index (χ0n) is 34.6. The molecular weight excluding hydrogens is 778 g/mol. The van der Waals surface area contributed by atoms with E-state index in [0.29, 0.717) is 13.0 Å². The molecule has 0 aliphatic carbocycles. The topological polar surface area (TPSA) is 340 Å². The maximum absolute atomic E-state index is 13.0. The molecule has 59 heavy (non-hydrogen) atoms. The molecule has 1 fully saturated rings. The summed E-state index contributed by atoms with van der Waals surface area (Å²) in [7, 11) is 0. The summed E-state index contributed by atoms with van der Waals surface area (Å²) in [6.07, 6.45) is 1.89. The average Bonchev–Trinajstić information content (AvgIpc) is 3.70.